The van der Waals surface area contributed by atoms with Gasteiger partial charge in [-0.05, 0) is 25.1 Å². The molecule has 0 radical (unpaired) electrons. The van der Waals surface area contributed by atoms with Gasteiger partial charge in [-0.15, -0.1) is 12.3 Å². The molecule has 1 fully saturated rings. The standard InChI is InChI=1S/C14H25NO2Si/c1-8-9-11-12(13(16)15-11)10(2)17-18(6,7)14(3,4)5/h1,10-12H,9H2,2-7H3,(H,15,16)/t10-,11-,12-/m1/s1. The Bertz CT molecular complexity index is 365. The van der Waals surface area contributed by atoms with Gasteiger partial charge in [-0.1, -0.05) is 20.8 Å². The topological polar surface area (TPSA) is 38.3 Å². The Morgan fingerprint density at radius 3 is 2.44 bits per heavy atom. The highest BCUT2D eigenvalue weighted by atomic mass is 28.4. The SMILES string of the molecule is C#CC[C@H]1NC(=O)[C@@H]1[C@@H](C)O[Si](C)(C)C(C)(C)C. The van der Waals surface area contributed by atoms with Gasteiger partial charge in [0.25, 0.3) is 0 Å². The second-order valence-electron chi connectivity index (χ2n) is 6.63. The van der Waals surface area contributed by atoms with Gasteiger partial charge in [0.05, 0.1) is 18.1 Å². The fourth-order valence-electron chi connectivity index (χ4n) is 2.02. The summed E-state index contributed by atoms with van der Waals surface area (Å²) in [6.45, 7) is 13.0. The molecule has 0 aromatic heterocycles. The van der Waals surface area contributed by atoms with Gasteiger partial charge in [0.15, 0.2) is 8.32 Å². The van der Waals surface area contributed by atoms with Crippen LogP contribution in [0.5, 0.6) is 0 Å². The summed E-state index contributed by atoms with van der Waals surface area (Å²) >= 11 is 0. The molecule has 18 heavy (non-hydrogen) atoms. The maximum Gasteiger partial charge on any atom is 0.228 e. The Kier molecular flexibility index (Phi) is 4.29. The molecular weight excluding hydrogens is 242 g/mol. The first kappa shape index (κ1) is 15.3. The lowest BCUT2D eigenvalue weighted by Gasteiger charge is -2.45. The molecule has 1 aliphatic heterocycles. The summed E-state index contributed by atoms with van der Waals surface area (Å²) in [6, 6.07) is 0.0854. The fraction of sp³-hybridized carbons (Fsp3) is 0.786. The molecule has 0 aromatic rings. The Morgan fingerprint density at radius 2 is 2.06 bits per heavy atom. The third-order valence-corrected chi connectivity index (χ3v) is 8.77. The second-order valence-corrected chi connectivity index (χ2v) is 11.4. The van der Waals surface area contributed by atoms with Gasteiger partial charge in [-0.2, -0.15) is 0 Å². The summed E-state index contributed by atoms with van der Waals surface area (Å²) in [4.78, 5) is 11.6. The van der Waals surface area contributed by atoms with Crippen molar-refractivity contribution in [2.75, 3.05) is 0 Å². The predicted molar refractivity (Wildman–Crippen MR) is 76.6 cm³/mol. The molecule has 0 unspecified atom stereocenters. The molecule has 0 spiro atoms. The second kappa shape index (κ2) is 5.06. The van der Waals surface area contributed by atoms with Gasteiger partial charge in [0.2, 0.25) is 5.91 Å². The molecule has 1 rings (SSSR count). The molecule has 4 heteroatoms. The highest BCUT2D eigenvalue weighted by Gasteiger charge is 2.46. The molecule has 102 valence electrons. The van der Waals surface area contributed by atoms with E-state index >= 15 is 0 Å². The van der Waals surface area contributed by atoms with Gasteiger partial charge in [0.1, 0.15) is 0 Å². The van der Waals surface area contributed by atoms with Crippen molar-refractivity contribution in [3.63, 3.8) is 0 Å². The monoisotopic (exact) mass is 267 g/mol. The summed E-state index contributed by atoms with van der Waals surface area (Å²) in [5.41, 5.74) is 0. The van der Waals surface area contributed by atoms with E-state index < -0.39 is 8.32 Å². The number of carbonyl (C=O) groups excluding carboxylic acids is 1. The van der Waals surface area contributed by atoms with E-state index in [1.54, 1.807) is 0 Å². The highest BCUT2D eigenvalue weighted by Crippen LogP contribution is 2.39. The van der Waals surface area contributed by atoms with Crippen LogP contribution in [0.2, 0.25) is 18.1 Å². The molecule has 1 saturated heterocycles. The first-order valence-electron chi connectivity index (χ1n) is 6.52. The molecule has 3 atom stereocenters. The van der Waals surface area contributed by atoms with Gasteiger partial charge < -0.3 is 9.74 Å². The summed E-state index contributed by atoms with van der Waals surface area (Å²) < 4.78 is 6.26. The maximum absolute atomic E-state index is 11.6. The minimum Gasteiger partial charge on any atom is -0.413 e. The first-order valence-corrected chi connectivity index (χ1v) is 9.42. The van der Waals surface area contributed by atoms with Crippen molar-refractivity contribution in [2.45, 2.75) is 64.4 Å². The molecule has 0 aliphatic carbocycles. The number of hydrogen-bond donors (Lipinski definition) is 1. The quantitative estimate of drug-likeness (QED) is 0.483. The van der Waals surface area contributed by atoms with Gasteiger partial charge >= 0.3 is 0 Å². The van der Waals surface area contributed by atoms with Gasteiger partial charge in [-0.3, -0.25) is 4.79 Å². The van der Waals surface area contributed by atoms with Crippen molar-refractivity contribution in [1.82, 2.24) is 5.32 Å². The van der Waals surface area contributed by atoms with Crippen LogP contribution in [0.4, 0.5) is 0 Å². The van der Waals surface area contributed by atoms with E-state index in [9.17, 15) is 4.79 Å². The summed E-state index contributed by atoms with van der Waals surface area (Å²) in [5.74, 6) is 2.59. The van der Waals surface area contributed by atoms with E-state index in [-0.39, 0.29) is 29.0 Å². The van der Waals surface area contributed by atoms with E-state index in [2.05, 4.69) is 45.1 Å². The molecule has 1 aliphatic rings. The normalized spacial score (nSPS) is 25.9. The predicted octanol–water partition coefficient (Wildman–Crippen LogP) is 2.53. The Labute approximate surface area is 112 Å². The zero-order chi connectivity index (χ0) is 14.1. The van der Waals surface area contributed by atoms with Crippen LogP contribution in [0.1, 0.15) is 34.1 Å². The third kappa shape index (κ3) is 2.96. The summed E-state index contributed by atoms with van der Waals surface area (Å²) in [7, 11) is -1.83. The zero-order valence-corrected chi connectivity index (χ0v) is 13.3. The lowest BCUT2D eigenvalue weighted by molar-refractivity contribution is -0.139. The smallest absolute Gasteiger partial charge is 0.228 e. The number of β-lactam (4-membered cyclic amide) rings is 1. The van der Waals surface area contributed by atoms with E-state index in [1.807, 2.05) is 6.92 Å². The number of carbonyl (C=O) groups is 1. The van der Waals surface area contributed by atoms with Crippen LogP contribution in [-0.2, 0) is 9.22 Å². The number of hydrogen-bond acceptors (Lipinski definition) is 2. The average Bonchev–Trinajstić information content (AvgIpc) is 2.13. The molecule has 0 saturated carbocycles. The Hall–Kier alpha value is -0.793. The largest absolute Gasteiger partial charge is 0.413 e. The molecule has 3 nitrogen and oxygen atoms in total. The van der Waals surface area contributed by atoms with Crippen molar-refractivity contribution < 1.29 is 9.22 Å². The molecular formula is C14H25NO2Si. The highest BCUT2D eigenvalue weighted by molar-refractivity contribution is 6.74. The van der Waals surface area contributed by atoms with Crippen molar-refractivity contribution in [3.05, 3.63) is 0 Å². The van der Waals surface area contributed by atoms with Crippen LogP contribution in [0.3, 0.4) is 0 Å². The van der Waals surface area contributed by atoms with Crippen molar-refractivity contribution in [2.24, 2.45) is 5.92 Å². The first-order chi connectivity index (χ1) is 8.10. The van der Waals surface area contributed by atoms with Crippen LogP contribution in [0.15, 0.2) is 0 Å². The van der Waals surface area contributed by atoms with E-state index in [4.69, 9.17) is 10.8 Å². The van der Waals surface area contributed by atoms with Crippen LogP contribution in [-0.4, -0.2) is 26.4 Å². The van der Waals surface area contributed by atoms with Gasteiger partial charge in [0, 0.05) is 6.42 Å². The Morgan fingerprint density at radius 1 is 1.50 bits per heavy atom. The van der Waals surface area contributed by atoms with Crippen molar-refractivity contribution >= 4 is 14.2 Å². The van der Waals surface area contributed by atoms with Crippen LogP contribution in [0, 0.1) is 18.3 Å². The lowest BCUT2D eigenvalue weighted by Crippen LogP contribution is -2.63. The van der Waals surface area contributed by atoms with Crippen molar-refractivity contribution in [3.8, 4) is 12.3 Å². The van der Waals surface area contributed by atoms with E-state index in [0.717, 1.165) is 0 Å². The van der Waals surface area contributed by atoms with Crippen LogP contribution < -0.4 is 5.32 Å². The Balaban J connectivity index is 2.68. The number of rotatable bonds is 4. The lowest BCUT2D eigenvalue weighted by atomic mass is 9.84. The number of amides is 1. The zero-order valence-electron chi connectivity index (χ0n) is 12.3. The average molecular weight is 267 g/mol. The minimum absolute atomic E-state index is 0.0574. The summed E-state index contributed by atoms with van der Waals surface area (Å²) in [5, 5.41) is 3.01. The molecule has 1 amide bonds. The molecule has 0 bridgehead atoms. The van der Waals surface area contributed by atoms with E-state index in [0.29, 0.717) is 6.42 Å². The molecule has 1 heterocycles. The molecule has 0 aromatic carbocycles. The number of nitrogens with one attached hydrogen (secondary N) is 1. The van der Waals surface area contributed by atoms with E-state index in [1.165, 1.54) is 0 Å². The van der Waals surface area contributed by atoms with Crippen molar-refractivity contribution in [1.29, 1.82) is 0 Å². The number of terminal acetylenes is 1. The third-order valence-electron chi connectivity index (χ3n) is 4.19. The van der Waals surface area contributed by atoms with Crippen LogP contribution in [0.25, 0.3) is 0 Å². The fourth-order valence-corrected chi connectivity index (χ4v) is 3.44. The summed E-state index contributed by atoms with van der Waals surface area (Å²) in [6.07, 6.45) is 5.84. The van der Waals surface area contributed by atoms with Gasteiger partial charge in [-0.25, -0.2) is 0 Å². The molecule has 1 N–H and O–H groups in total. The van der Waals surface area contributed by atoms with Crippen LogP contribution >= 0.6 is 0 Å². The minimum atomic E-state index is -1.83. The maximum atomic E-state index is 11.6.